The maximum Gasteiger partial charge on any atom is 0.243 e. The standard InChI is InChI=1S/C49H73N17O9/c1-28(67)61-34(16-9-21-57-48(52)53)44(72)63-35-15-7-8-20-56-41(69)25-37(42(51)70)65-47(75)39(24-30-26-59-33-14-6-5-13-32(30)33)66-45(73)36(17-10-22-58-49(54)55)64-46(74)38(23-29-11-3-2-4-12-29)60-27-31(62-43(35)71)18-19-40(50)68/h2-6,11-14,26,31,34-39,59-60H,7-10,15-25,27H2,1H3,(H2,50,68)(H2,51,70)(H,56,69)(H,61,67)(H,62,71)(H,63,72)(H,64,74)(H,65,75)(H,66,73)(H4,52,53,57)(H4,54,55,58)/t31-,34-,35-,36?,37-,38+,39-/m0/s1. The third kappa shape index (κ3) is 21.4. The zero-order chi connectivity index (χ0) is 54.9. The molecule has 408 valence electrons. The third-order valence-corrected chi connectivity index (χ3v) is 12.2. The molecule has 26 heteroatoms. The number of H-pyrrole nitrogens is 1. The number of aliphatic imine (C=N–C) groups is 2. The number of nitrogens with two attached hydrogens (primary N) is 6. The van der Waals surface area contributed by atoms with Gasteiger partial charge in [-0.25, -0.2) is 0 Å². The van der Waals surface area contributed by atoms with Crippen LogP contribution < -0.4 is 76.9 Å². The molecular formula is C49H73N17O9. The van der Waals surface area contributed by atoms with Gasteiger partial charge >= 0.3 is 0 Å². The van der Waals surface area contributed by atoms with E-state index in [1.165, 1.54) is 6.92 Å². The van der Waals surface area contributed by atoms with Crippen LogP contribution in [0.15, 0.2) is 70.8 Å². The van der Waals surface area contributed by atoms with Crippen molar-refractivity contribution in [3.8, 4) is 0 Å². The van der Waals surface area contributed by atoms with Gasteiger partial charge < -0.3 is 81.9 Å². The molecule has 7 atom stereocenters. The van der Waals surface area contributed by atoms with Crippen molar-refractivity contribution in [1.82, 2.24) is 47.5 Å². The largest absolute Gasteiger partial charge is 0.370 e. The Balaban J connectivity index is 1.75. The molecule has 3 aromatic rings. The lowest BCUT2D eigenvalue weighted by molar-refractivity contribution is -0.134. The molecule has 1 saturated heterocycles. The second kappa shape index (κ2) is 30.7. The number of fused-ring (bicyclic) bond motifs is 1. The molecule has 0 radical (unpaired) electrons. The molecule has 9 amide bonds. The zero-order valence-corrected chi connectivity index (χ0v) is 42.2. The van der Waals surface area contributed by atoms with E-state index in [0.29, 0.717) is 12.0 Å². The molecule has 0 bridgehead atoms. The quantitative estimate of drug-likeness (QED) is 0.0314. The molecule has 2 aromatic carbocycles. The van der Waals surface area contributed by atoms with Crippen molar-refractivity contribution >= 4 is 76.0 Å². The summed E-state index contributed by atoms with van der Waals surface area (Å²) >= 11 is 0. The summed E-state index contributed by atoms with van der Waals surface area (Å²) in [6.45, 7) is 1.39. The molecule has 75 heavy (non-hydrogen) atoms. The van der Waals surface area contributed by atoms with Crippen molar-refractivity contribution in [1.29, 1.82) is 0 Å². The molecule has 1 aromatic heterocycles. The van der Waals surface area contributed by atoms with Crippen LogP contribution in [0.3, 0.4) is 0 Å². The Morgan fingerprint density at radius 1 is 0.720 bits per heavy atom. The number of nitrogens with zero attached hydrogens (tertiary/aromatic N) is 2. The number of carbonyl (C=O) groups is 9. The Kier molecular flexibility index (Phi) is 24.2. The second-order valence-electron chi connectivity index (χ2n) is 18.3. The Morgan fingerprint density at radius 3 is 2.05 bits per heavy atom. The zero-order valence-electron chi connectivity index (χ0n) is 42.2. The number of hydrogen-bond donors (Lipinski definition) is 15. The van der Waals surface area contributed by atoms with Gasteiger partial charge in [0.25, 0.3) is 0 Å². The van der Waals surface area contributed by atoms with E-state index in [2.05, 4.69) is 57.5 Å². The lowest BCUT2D eigenvalue weighted by atomic mass is 10.0. The molecule has 1 aliphatic rings. The third-order valence-electron chi connectivity index (χ3n) is 12.2. The molecule has 21 N–H and O–H groups in total. The van der Waals surface area contributed by atoms with Crippen molar-refractivity contribution in [2.45, 2.75) is 126 Å². The maximum absolute atomic E-state index is 14.6. The Morgan fingerprint density at radius 2 is 1.37 bits per heavy atom. The van der Waals surface area contributed by atoms with E-state index in [1.807, 2.05) is 18.2 Å². The van der Waals surface area contributed by atoms with E-state index in [4.69, 9.17) is 34.4 Å². The summed E-state index contributed by atoms with van der Waals surface area (Å²) in [7, 11) is 0. The van der Waals surface area contributed by atoms with Gasteiger partial charge in [0.05, 0.1) is 12.5 Å². The maximum atomic E-state index is 14.6. The highest BCUT2D eigenvalue weighted by atomic mass is 16.2. The Labute approximate surface area is 434 Å². The minimum absolute atomic E-state index is 0.00174. The Hall–Kier alpha value is -8.29. The fourth-order valence-electron chi connectivity index (χ4n) is 8.29. The number of nitrogens with one attached hydrogen (secondary N) is 9. The molecular weight excluding hydrogens is 971 g/mol. The predicted molar refractivity (Wildman–Crippen MR) is 280 cm³/mol. The number of guanidine groups is 2. The van der Waals surface area contributed by atoms with Crippen LogP contribution in [0.1, 0.15) is 82.3 Å². The first-order valence-corrected chi connectivity index (χ1v) is 24.9. The van der Waals surface area contributed by atoms with Crippen molar-refractivity contribution in [3.05, 3.63) is 71.9 Å². The first-order valence-electron chi connectivity index (χ1n) is 24.9. The molecule has 0 aliphatic carbocycles. The van der Waals surface area contributed by atoms with E-state index in [1.54, 1.807) is 42.6 Å². The molecule has 1 fully saturated rings. The Bertz CT molecular complexity index is 2490. The van der Waals surface area contributed by atoms with Crippen LogP contribution in [0.4, 0.5) is 0 Å². The fraction of sp³-hybridized carbons (Fsp3) is 0.490. The monoisotopic (exact) mass is 1040 g/mol. The van der Waals surface area contributed by atoms with Gasteiger partial charge in [-0.15, -0.1) is 0 Å². The average molecular weight is 1040 g/mol. The van der Waals surface area contributed by atoms with Gasteiger partial charge in [0.1, 0.15) is 30.2 Å². The van der Waals surface area contributed by atoms with Crippen LogP contribution in [0.2, 0.25) is 0 Å². The number of primary amides is 2. The summed E-state index contributed by atoms with van der Waals surface area (Å²) in [6, 6.07) is 7.74. The van der Waals surface area contributed by atoms with Crippen molar-refractivity contribution < 1.29 is 43.2 Å². The summed E-state index contributed by atoms with van der Waals surface area (Å²) in [5, 5.41) is 23.0. The van der Waals surface area contributed by atoms with E-state index >= 15 is 0 Å². The summed E-state index contributed by atoms with van der Waals surface area (Å²) in [6.07, 6.45) is 2.00. The number of benzene rings is 2. The van der Waals surface area contributed by atoms with Gasteiger partial charge in [0, 0.05) is 69.1 Å². The molecule has 0 saturated carbocycles. The van der Waals surface area contributed by atoms with E-state index in [9.17, 15) is 43.2 Å². The van der Waals surface area contributed by atoms with Gasteiger partial charge in [-0.05, 0) is 75.0 Å². The minimum atomic E-state index is -1.52. The van der Waals surface area contributed by atoms with Crippen LogP contribution in [0, 0.1) is 0 Å². The predicted octanol–water partition coefficient (Wildman–Crippen LogP) is -3.61. The van der Waals surface area contributed by atoms with Gasteiger partial charge in [-0.3, -0.25) is 53.1 Å². The molecule has 1 unspecified atom stereocenters. The fourth-order valence-corrected chi connectivity index (χ4v) is 8.29. The summed E-state index contributed by atoms with van der Waals surface area (Å²) in [5.74, 6) is -6.88. The van der Waals surface area contributed by atoms with Crippen LogP contribution >= 0.6 is 0 Å². The van der Waals surface area contributed by atoms with Crippen molar-refractivity contribution in [2.24, 2.45) is 44.4 Å². The van der Waals surface area contributed by atoms with Crippen molar-refractivity contribution in [2.75, 3.05) is 26.2 Å². The van der Waals surface area contributed by atoms with Gasteiger partial charge in [-0.2, -0.15) is 0 Å². The lowest BCUT2D eigenvalue weighted by Crippen LogP contribution is -2.59. The molecule has 1 aliphatic heterocycles. The van der Waals surface area contributed by atoms with Gasteiger partial charge in [-0.1, -0.05) is 48.5 Å². The lowest BCUT2D eigenvalue weighted by Gasteiger charge is -2.28. The number of aromatic amines is 1. The SMILES string of the molecule is CC(=O)N[C@@H](CCCN=C(N)N)C(=O)N[C@H]1CCCCNC(=O)C[C@@H](C(N)=O)NC(=O)[C@H](Cc2c[nH]c3ccccc23)NC(=O)C(CCCN=C(N)N)NC(=O)[C@@H](Cc2ccccc2)NC[C@H](CCC(N)=O)NC1=O. The second-order valence-corrected chi connectivity index (χ2v) is 18.3. The topological polar surface area (TPSA) is 446 Å². The number of para-hydroxylation sites is 1. The van der Waals surface area contributed by atoms with Gasteiger partial charge in [0.2, 0.25) is 53.2 Å². The number of amides is 9. The first-order chi connectivity index (χ1) is 35.8. The van der Waals surface area contributed by atoms with Crippen molar-refractivity contribution in [3.63, 3.8) is 0 Å². The van der Waals surface area contributed by atoms with Crippen LogP contribution in [-0.4, -0.2) is 139 Å². The molecule has 2 heterocycles. The highest BCUT2D eigenvalue weighted by molar-refractivity contribution is 5.97. The van der Waals surface area contributed by atoms with Crippen LogP contribution in [-0.2, 0) is 56.0 Å². The summed E-state index contributed by atoms with van der Waals surface area (Å²) < 4.78 is 0. The highest BCUT2D eigenvalue weighted by Gasteiger charge is 2.33. The van der Waals surface area contributed by atoms with Gasteiger partial charge in [0.15, 0.2) is 11.9 Å². The van der Waals surface area contributed by atoms with Crippen LogP contribution in [0.25, 0.3) is 10.9 Å². The number of rotatable bonds is 19. The number of hydrogen-bond acceptors (Lipinski definition) is 12. The molecule has 26 nitrogen and oxygen atoms in total. The summed E-state index contributed by atoms with van der Waals surface area (Å²) in [5.41, 5.74) is 35.4. The summed E-state index contributed by atoms with van der Waals surface area (Å²) in [4.78, 5) is 133. The van der Waals surface area contributed by atoms with Crippen LogP contribution in [0.5, 0.6) is 0 Å². The molecule has 4 rings (SSSR count). The van der Waals surface area contributed by atoms with E-state index in [-0.39, 0.29) is 102 Å². The normalized spacial score (nSPS) is 21.1. The van der Waals surface area contributed by atoms with E-state index in [0.717, 1.165) is 16.5 Å². The number of aromatic nitrogens is 1. The minimum Gasteiger partial charge on any atom is -0.370 e. The first kappa shape index (κ1) is 59.3. The molecule has 0 spiro atoms. The smallest absolute Gasteiger partial charge is 0.243 e. The average Bonchev–Trinajstić information content (AvgIpc) is 3.77. The van der Waals surface area contributed by atoms with E-state index < -0.39 is 102 Å². The highest BCUT2D eigenvalue weighted by Crippen LogP contribution is 2.20. The number of carbonyl (C=O) groups excluding carboxylic acids is 9.